The van der Waals surface area contributed by atoms with Crippen LogP contribution in [0.4, 0.5) is 5.82 Å². The molecule has 5 heterocycles. The monoisotopic (exact) mass is 421 g/mol. The van der Waals surface area contributed by atoms with Gasteiger partial charge in [0.15, 0.2) is 5.82 Å². The number of nitrogens with zero attached hydrogens (tertiary/aromatic N) is 5. The van der Waals surface area contributed by atoms with E-state index in [2.05, 4.69) is 25.7 Å². The molecule has 0 aromatic carbocycles. The lowest BCUT2D eigenvalue weighted by atomic mass is 9.88. The van der Waals surface area contributed by atoms with Gasteiger partial charge in [-0.3, -0.25) is 15.8 Å². The van der Waals surface area contributed by atoms with Gasteiger partial charge >= 0.3 is 0 Å². The van der Waals surface area contributed by atoms with Crippen LogP contribution in [0.5, 0.6) is 0 Å². The Bertz CT molecular complexity index is 1040. The van der Waals surface area contributed by atoms with Crippen LogP contribution in [0.1, 0.15) is 42.5 Å². The smallest absolute Gasteiger partial charge is 0.183 e. The molecule has 3 aromatic heterocycles. The minimum absolute atomic E-state index is 0.613. The Kier molecular flexibility index (Phi) is 4.85. The van der Waals surface area contributed by atoms with Gasteiger partial charge in [0.25, 0.3) is 0 Å². The normalized spacial score (nSPS) is 22.5. The van der Waals surface area contributed by atoms with Gasteiger partial charge in [-0.15, -0.1) is 11.3 Å². The van der Waals surface area contributed by atoms with Crippen molar-refractivity contribution < 1.29 is 0 Å². The van der Waals surface area contributed by atoms with Crippen LogP contribution < -0.4 is 15.8 Å². The molecule has 0 saturated carbocycles. The van der Waals surface area contributed by atoms with E-state index in [9.17, 15) is 0 Å². The first-order valence-electron chi connectivity index (χ1n) is 11.2. The van der Waals surface area contributed by atoms with E-state index >= 15 is 0 Å². The maximum atomic E-state index is 5.09. The lowest BCUT2D eigenvalue weighted by Gasteiger charge is -2.35. The average molecular weight is 422 g/mol. The summed E-state index contributed by atoms with van der Waals surface area (Å²) in [5.74, 6) is 2.56. The van der Waals surface area contributed by atoms with E-state index in [4.69, 9.17) is 9.97 Å². The second kappa shape index (κ2) is 7.83. The zero-order chi connectivity index (χ0) is 19.9. The van der Waals surface area contributed by atoms with Gasteiger partial charge in [0, 0.05) is 42.9 Å². The second-order valence-electron chi connectivity index (χ2n) is 8.64. The number of fused-ring (bicyclic) bond motifs is 3. The number of nitrogens with one attached hydrogen (secondary N) is 2. The minimum atomic E-state index is 0.613. The molecule has 156 valence electrons. The topological polar surface area (TPSA) is 78.9 Å². The van der Waals surface area contributed by atoms with Crippen molar-refractivity contribution in [3.63, 3.8) is 0 Å². The Morgan fingerprint density at radius 2 is 1.93 bits per heavy atom. The fraction of sp³-hybridized carbons (Fsp3) is 0.545. The third-order valence-electron chi connectivity index (χ3n) is 6.86. The predicted molar refractivity (Wildman–Crippen MR) is 120 cm³/mol. The Morgan fingerprint density at radius 3 is 2.73 bits per heavy atom. The molecule has 2 saturated heterocycles. The van der Waals surface area contributed by atoms with Crippen LogP contribution in [0, 0.1) is 5.92 Å². The van der Waals surface area contributed by atoms with Crippen molar-refractivity contribution in [2.45, 2.75) is 51.0 Å². The van der Waals surface area contributed by atoms with Crippen LogP contribution in [0.3, 0.4) is 0 Å². The SMILES string of the molecule is c1cnc(-c2nc(N3CCC(C4CCNN4)CC3)c3c4c(sc3n2)CCCC4)cn1. The van der Waals surface area contributed by atoms with Gasteiger partial charge < -0.3 is 4.90 Å². The molecule has 0 bridgehead atoms. The van der Waals surface area contributed by atoms with E-state index in [-0.39, 0.29) is 0 Å². The zero-order valence-electron chi connectivity index (χ0n) is 17.1. The van der Waals surface area contributed by atoms with Crippen LogP contribution >= 0.6 is 11.3 Å². The average Bonchev–Trinajstić information content (AvgIpc) is 3.47. The molecule has 1 unspecified atom stereocenters. The summed E-state index contributed by atoms with van der Waals surface area (Å²) in [7, 11) is 0. The van der Waals surface area contributed by atoms with Crippen molar-refractivity contribution in [3.05, 3.63) is 29.0 Å². The molecule has 0 spiro atoms. The van der Waals surface area contributed by atoms with Crippen LogP contribution in [0.2, 0.25) is 0 Å². The fourth-order valence-corrected chi connectivity index (χ4v) is 6.52. The number of thiophene rings is 1. The molecule has 3 aromatic rings. The first kappa shape index (κ1) is 18.6. The molecule has 3 aliphatic rings. The fourth-order valence-electron chi connectivity index (χ4n) is 5.27. The van der Waals surface area contributed by atoms with Gasteiger partial charge in [0.2, 0.25) is 0 Å². The summed E-state index contributed by atoms with van der Waals surface area (Å²) >= 11 is 1.86. The van der Waals surface area contributed by atoms with Crippen molar-refractivity contribution >= 4 is 27.4 Å². The number of aryl methyl sites for hydroxylation is 2. The van der Waals surface area contributed by atoms with Crippen molar-refractivity contribution in [1.29, 1.82) is 0 Å². The van der Waals surface area contributed by atoms with Gasteiger partial charge in [0.05, 0.1) is 11.6 Å². The highest BCUT2D eigenvalue weighted by atomic mass is 32.1. The predicted octanol–water partition coefficient (Wildman–Crippen LogP) is 3.11. The van der Waals surface area contributed by atoms with Crippen LogP contribution in [-0.2, 0) is 12.8 Å². The molecule has 8 heteroatoms. The highest BCUT2D eigenvalue weighted by Crippen LogP contribution is 2.41. The van der Waals surface area contributed by atoms with Gasteiger partial charge in [-0.1, -0.05) is 0 Å². The summed E-state index contributed by atoms with van der Waals surface area (Å²) in [6.07, 6.45) is 13.7. The standard InChI is InChI=1S/C22H27N7S/c1-2-4-18-15(3-1)19-21(29-11-6-14(7-12-29)16-5-8-25-28-16)26-20(27-22(19)30-18)17-13-23-9-10-24-17/h9-10,13-14,16,25,28H,1-8,11-12H2. The van der Waals surface area contributed by atoms with E-state index in [0.717, 1.165) is 48.3 Å². The second-order valence-corrected chi connectivity index (χ2v) is 9.73. The molecule has 30 heavy (non-hydrogen) atoms. The first-order chi connectivity index (χ1) is 14.9. The van der Waals surface area contributed by atoms with Crippen molar-refractivity contribution in [1.82, 2.24) is 30.8 Å². The number of hydrazine groups is 1. The lowest BCUT2D eigenvalue weighted by Crippen LogP contribution is -2.43. The molecule has 2 fully saturated rings. The van der Waals surface area contributed by atoms with Crippen molar-refractivity contribution in [3.8, 4) is 11.5 Å². The van der Waals surface area contributed by atoms with Crippen LogP contribution in [0.15, 0.2) is 18.6 Å². The summed E-state index contributed by atoms with van der Waals surface area (Å²) in [5, 5.41) is 1.31. The summed E-state index contributed by atoms with van der Waals surface area (Å²) in [4.78, 5) is 23.9. The van der Waals surface area contributed by atoms with E-state index in [1.165, 1.54) is 54.4 Å². The quantitative estimate of drug-likeness (QED) is 0.673. The Morgan fingerprint density at radius 1 is 1.03 bits per heavy atom. The molecule has 1 atom stereocenters. The van der Waals surface area contributed by atoms with Gasteiger partial charge in [-0.2, -0.15) is 0 Å². The number of hydrogen-bond donors (Lipinski definition) is 2. The minimum Gasteiger partial charge on any atom is -0.356 e. The number of aromatic nitrogens is 4. The Balaban J connectivity index is 1.39. The van der Waals surface area contributed by atoms with Gasteiger partial charge in [-0.25, -0.2) is 15.0 Å². The summed E-state index contributed by atoms with van der Waals surface area (Å²) < 4.78 is 0. The summed E-state index contributed by atoms with van der Waals surface area (Å²) in [6, 6.07) is 0.613. The van der Waals surface area contributed by atoms with E-state index in [1.807, 2.05) is 11.3 Å². The largest absolute Gasteiger partial charge is 0.356 e. The van der Waals surface area contributed by atoms with Crippen molar-refractivity contribution in [2.75, 3.05) is 24.5 Å². The Labute approximate surface area is 180 Å². The lowest BCUT2D eigenvalue weighted by molar-refractivity contribution is 0.310. The van der Waals surface area contributed by atoms with Gasteiger partial charge in [-0.05, 0) is 56.4 Å². The van der Waals surface area contributed by atoms with Crippen LogP contribution in [0.25, 0.3) is 21.7 Å². The first-order valence-corrected chi connectivity index (χ1v) is 12.0. The highest BCUT2D eigenvalue weighted by Gasteiger charge is 2.31. The van der Waals surface area contributed by atoms with E-state index in [0.29, 0.717) is 11.9 Å². The number of rotatable bonds is 3. The number of piperidine rings is 1. The summed E-state index contributed by atoms with van der Waals surface area (Å²) in [6.45, 7) is 3.19. The zero-order valence-corrected chi connectivity index (χ0v) is 17.9. The molecule has 2 N–H and O–H groups in total. The molecule has 6 rings (SSSR count). The van der Waals surface area contributed by atoms with Crippen molar-refractivity contribution in [2.24, 2.45) is 5.92 Å². The third kappa shape index (κ3) is 3.27. The highest BCUT2D eigenvalue weighted by molar-refractivity contribution is 7.19. The van der Waals surface area contributed by atoms with Gasteiger partial charge in [0.1, 0.15) is 16.3 Å². The number of hydrogen-bond acceptors (Lipinski definition) is 8. The molecule has 1 aliphatic carbocycles. The van der Waals surface area contributed by atoms with Crippen LogP contribution in [-0.4, -0.2) is 45.6 Å². The number of anilines is 1. The molecule has 7 nitrogen and oxygen atoms in total. The molecule has 0 radical (unpaired) electrons. The summed E-state index contributed by atoms with van der Waals surface area (Å²) in [5.41, 5.74) is 9.03. The molecule has 2 aliphatic heterocycles. The maximum absolute atomic E-state index is 5.09. The molecular formula is C22H27N7S. The van der Waals surface area contributed by atoms with E-state index < -0.39 is 0 Å². The molecule has 0 amide bonds. The Hall–Kier alpha value is -2.16. The maximum Gasteiger partial charge on any atom is 0.183 e. The third-order valence-corrected chi connectivity index (χ3v) is 8.05. The van der Waals surface area contributed by atoms with E-state index in [1.54, 1.807) is 18.6 Å². The molecular weight excluding hydrogens is 394 g/mol.